The van der Waals surface area contributed by atoms with Gasteiger partial charge >= 0.3 is 5.69 Å². The number of hydrogen-bond donors (Lipinski definition) is 0. The van der Waals surface area contributed by atoms with Crippen LogP contribution in [-0.2, 0) is 13.6 Å². The third-order valence-electron chi connectivity index (χ3n) is 1.74. The molecule has 0 unspecified atom stereocenters. The van der Waals surface area contributed by atoms with E-state index in [0.29, 0.717) is 6.54 Å². The van der Waals surface area contributed by atoms with E-state index in [4.69, 9.17) is 0 Å². The van der Waals surface area contributed by atoms with Crippen LogP contribution in [0, 0.1) is 0 Å². The van der Waals surface area contributed by atoms with Gasteiger partial charge in [-0.2, -0.15) is 0 Å². The lowest BCUT2D eigenvalue weighted by Crippen LogP contribution is -2.22. The fourth-order valence-electron chi connectivity index (χ4n) is 0.993. The maximum Gasteiger partial charge on any atom is 0.346 e. The summed E-state index contributed by atoms with van der Waals surface area (Å²) in [5.74, 6) is 1.01. The average Bonchev–Trinajstić information content (AvgIpc) is 2.41. The Morgan fingerprint density at radius 2 is 2.15 bits per heavy atom. The number of nitrogens with zero attached hydrogens (tertiary/aromatic N) is 3. The van der Waals surface area contributed by atoms with Crippen LogP contribution in [0.25, 0.3) is 0 Å². The Kier molecular flexibility index (Phi) is 3.59. The lowest BCUT2D eigenvalue weighted by atomic mass is 10.6. The first-order valence-corrected chi connectivity index (χ1v) is 5.45. The molecule has 0 atom stereocenters. The molecule has 0 aliphatic rings. The summed E-state index contributed by atoms with van der Waals surface area (Å²) in [5.41, 5.74) is -0.0268. The van der Waals surface area contributed by atoms with E-state index in [1.54, 1.807) is 23.4 Å². The Morgan fingerprint density at radius 3 is 2.62 bits per heavy atom. The van der Waals surface area contributed by atoms with Crippen molar-refractivity contribution in [3.8, 4) is 0 Å². The minimum atomic E-state index is -0.0268. The van der Waals surface area contributed by atoms with E-state index < -0.39 is 0 Å². The number of aryl methyl sites for hydroxylation is 1. The Balaban J connectivity index is 2.89. The molecule has 1 rings (SSSR count). The molecule has 0 fully saturated rings. The molecular formula is C8H15N3OS. The summed E-state index contributed by atoms with van der Waals surface area (Å²) in [4.78, 5) is 11.4. The standard InChI is InChI=1S/C8H15N3OS/c1-4-6-13-7-9-11(5-2)8(12)10(7)3/h4-6H2,1-3H3. The summed E-state index contributed by atoms with van der Waals surface area (Å²) in [6, 6.07) is 0. The van der Waals surface area contributed by atoms with Crippen LogP contribution in [0.1, 0.15) is 20.3 Å². The van der Waals surface area contributed by atoms with Crippen LogP contribution in [0.15, 0.2) is 9.95 Å². The van der Waals surface area contributed by atoms with Gasteiger partial charge in [0, 0.05) is 19.3 Å². The summed E-state index contributed by atoms with van der Waals surface area (Å²) in [6.07, 6.45) is 1.10. The fraction of sp³-hybridized carbons (Fsp3) is 0.750. The summed E-state index contributed by atoms with van der Waals surface area (Å²) < 4.78 is 3.09. The number of aromatic nitrogens is 3. The van der Waals surface area contributed by atoms with Crippen LogP contribution >= 0.6 is 11.8 Å². The van der Waals surface area contributed by atoms with E-state index in [2.05, 4.69) is 12.0 Å². The minimum Gasteiger partial charge on any atom is -0.273 e. The van der Waals surface area contributed by atoms with Gasteiger partial charge in [-0.15, -0.1) is 5.10 Å². The molecule has 0 bridgehead atoms. The van der Waals surface area contributed by atoms with Crippen molar-refractivity contribution in [2.24, 2.45) is 7.05 Å². The molecule has 13 heavy (non-hydrogen) atoms. The third-order valence-corrected chi connectivity index (χ3v) is 2.96. The molecule has 0 N–H and O–H groups in total. The quantitative estimate of drug-likeness (QED) is 0.685. The van der Waals surface area contributed by atoms with Crippen molar-refractivity contribution in [1.29, 1.82) is 0 Å². The second-order valence-electron chi connectivity index (χ2n) is 2.79. The third kappa shape index (κ3) is 2.15. The molecule has 0 aliphatic carbocycles. The minimum absolute atomic E-state index is 0.0268. The zero-order valence-corrected chi connectivity index (χ0v) is 9.10. The van der Waals surface area contributed by atoms with E-state index in [9.17, 15) is 4.79 Å². The SMILES string of the molecule is CCCSc1nn(CC)c(=O)n1C. The van der Waals surface area contributed by atoms with Crippen molar-refractivity contribution in [3.05, 3.63) is 10.5 Å². The predicted molar refractivity (Wildman–Crippen MR) is 54.2 cm³/mol. The summed E-state index contributed by atoms with van der Waals surface area (Å²) in [5, 5.41) is 5.01. The lowest BCUT2D eigenvalue weighted by molar-refractivity contribution is 0.618. The molecule has 0 saturated carbocycles. The van der Waals surface area contributed by atoms with Crippen molar-refractivity contribution < 1.29 is 0 Å². The van der Waals surface area contributed by atoms with E-state index in [-0.39, 0.29) is 5.69 Å². The van der Waals surface area contributed by atoms with Crippen LogP contribution in [0.4, 0.5) is 0 Å². The highest BCUT2D eigenvalue weighted by atomic mass is 32.2. The van der Waals surface area contributed by atoms with Gasteiger partial charge < -0.3 is 0 Å². The maximum atomic E-state index is 11.4. The highest BCUT2D eigenvalue weighted by Gasteiger charge is 2.07. The number of thioether (sulfide) groups is 1. The van der Waals surface area contributed by atoms with Crippen molar-refractivity contribution >= 4 is 11.8 Å². The number of rotatable bonds is 4. The van der Waals surface area contributed by atoms with Gasteiger partial charge in [0.1, 0.15) is 0 Å². The Labute approximate surface area is 81.9 Å². The predicted octanol–water partition coefficient (Wildman–Crippen LogP) is 1.10. The lowest BCUT2D eigenvalue weighted by Gasteiger charge is -1.95. The van der Waals surface area contributed by atoms with Gasteiger partial charge in [0.15, 0.2) is 5.16 Å². The van der Waals surface area contributed by atoms with Gasteiger partial charge in [-0.25, -0.2) is 9.48 Å². The van der Waals surface area contributed by atoms with Crippen LogP contribution in [0.3, 0.4) is 0 Å². The first-order chi connectivity index (χ1) is 6.20. The molecule has 74 valence electrons. The van der Waals surface area contributed by atoms with E-state index in [1.807, 2.05) is 6.92 Å². The Morgan fingerprint density at radius 1 is 1.46 bits per heavy atom. The van der Waals surface area contributed by atoms with E-state index in [0.717, 1.165) is 17.3 Å². The maximum absolute atomic E-state index is 11.4. The van der Waals surface area contributed by atoms with Crippen molar-refractivity contribution in [1.82, 2.24) is 14.3 Å². The zero-order valence-electron chi connectivity index (χ0n) is 8.28. The monoisotopic (exact) mass is 201 g/mol. The molecule has 1 aromatic heterocycles. The summed E-state index contributed by atoms with van der Waals surface area (Å²) >= 11 is 1.63. The van der Waals surface area contributed by atoms with Crippen LogP contribution in [0.2, 0.25) is 0 Å². The molecule has 1 aromatic rings. The van der Waals surface area contributed by atoms with E-state index in [1.165, 1.54) is 4.68 Å². The molecule has 5 heteroatoms. The molecule has 0 amide bonds. The van der Waals surface area contributed by atoms with Crippen molar-refractivity contribution in [2.75, 3.05) is 5.75 Å². The normalized spacial score (nSPS) is 10.7. The van der Waals surface area contributed by atoms with Gasteiger partial charge in [0.25, 0.3) is 0 Å². The highest BCUT2D eigenvalue weighted by Crippen LogP contribution is 2.12. The molecule has 4 nitrogen and oxygen atoms in total. The summed E-state index contributed by atoms with van der Waals surface area (Å²) in [6.45, 7) is 4.67. The first-order valence-electron chi connectivity index (χ1n) is 4.47. The first kappa shape index (κ1) is 10.4. The van der Waals surface area contributed by atoms with Gasteiger partial charge in [0.2, 0.25) is 0 Å². The van der Waals surface area contributed by atoms with Crippen molar-refractivity contribution in [3.63, 3.8) is 0 Å². The van der Waals surface area contributed by atoms with Gasteiger partial charge in [0.05, 0.1) is 0 Å². The van der Waals surface area contributed by atoms with Crippen LogP contribution < -0.4 is 5.69 Å². The Bertz CT molecular complexity index is 329. The van der Waals surface area contributed by atoms with Crippen LogP contribution in [-0.4, -0.2) is 20.1 Å². The largest absolute Gasteiger partial charge is 0.346 e. The molecule has 0 saturated heterocycles. The Hall–Kier alpha value is -0.710. The molecule has 0 aromatic carbocycles. The number of hydrogen-bond acceptors (Lipinski definition) is 3. The van der Waals surface area contributed by atoms with Gasteiger partial charge in [-0.05, 0) is 13.3 Å². The second-order valence-corrected chi connectivity index (χ2v) is 3.85. The molecule has 0 radical (unpaired) electrons. The molecule has 0 aliphatic heterocycles. The molecular weight excluding hydrogens is 186 g/mol. The smallest absolute Gasteiger partial charge is 0.273 e. The fourth-order valence-corrected chi connectivity index (χ4v) is 1.81. The average molecular weight is 201 g/mol. The summed E-state index contributed by atoms with van der Waals surface area (Å²) in [7, 11) is 1.76. The topological polar surface area (TPSA) is 39.8 Å². The molecule has 0 spiro atoms. The van der Waals surface area contributed by atoms with Gasteiger partial charge in [-0.3, -0.25) is 4.57 Å². The molecule has 1 heterocycles. The second kappa shape index (κ2) is 4.50. The van der Waals surface area contributed by atoms with Crippen molar-refractivity contribution in [2.45, 2.75) is 32.0 Å². The van der Waals surface area contributed by atoms with Gasteiger partial charge in [-0.1, -0.05) is 18.7 Å². The van der Waals surface area contributed by atoms with E-state index >= 15 is 0 Å². The zero-order chi connectivity index (χ0) is 9.84. The highest BCUT2D eigenvalue weighted by molar-refractivity contribution is 7.99. The van der Waals surface area contributed by atoms with Crippen LogP contribution in [0.5, 0.6) is 0 Å².